The second-order valence-electron chi connectivity index (χ2n) is 7.66. The van der Waals surface area contributed by atoms with Gasteiger partial charge in [0.25, 0.3) is 5.91 Å². The highest BCUT2D eigenvalue weighted by Crippen LogP contribution is 2.35. The van der Waals surface area contributed by atoms with Crippen molar-refractivity contribution in [1.82, 2.24) is 16.1 Å². The molecule has 2 aromatic rings. The van der Waals surface area contributed by atoms with E-state index in [1.165, 1.54) is 6.21 Å². The Kier molecular flexibility index (Phi) is 10.3. The van der Waals surface area contributed by atoms with E-state index in [9.17, 15) is 9.59 Å². The van der Waals surface area contributed by atoms with Gasteiger partial charge in [-0.1, -0.05) is 29.8 Å². The van der Waals surface area contributed by atoms with Gasteiger partial charge in [0.2, 0.25) is 0 Å². The Hall–Kier alpha value is -3.15. The lowest BCUT2D eigenvalue weighted by molar-refractivity contribution is -0.139. The minimum atomic E-state index is -0.618. The Labute approximate surface area is 233 Å². The summed E-state index contributed by atoms with van der Waals surface area (Å²) < 4.78 is 17.2. The van der Waals surface area contributed by atoms with Crippen molar-refractivity contribution >= 4 is 63.0 Å². The van der Waals surface area contributed by atoms with Gasteiger partial charge in [0.1, 0.15) is 5.75 Å². The zero-order chi connectivity index (χ0) is 26.9. The van der Waals surface area contributed by atoms with E-state index in [2.05, 4.69) is 37.1 Å². The van der Waals surface area contributed by atoms with Gasteiger partial charge in [0, 0.05) is 11.3 Å². The SMILES string of the molecule is CCOC(=O)C1=C(C)NC(=S)N[C@H]1c1ccccc1OCC(=O)NN=Cc1cc(Cl)c(OCC)c(Br)c1. The van der Waals surface area contributed by atoms with Crippen LogP contribution >= 0.6 is 39.7 Å². The van der Waals surface area contributed by atoms with Crippen LogP contribution in [0.4, 0.5) is 0 Å². The molecule has 1 amide bonds. The summed E-state index contributed by atoms with van der Waals surface area (Å²) in [5, 5.41) is 10.8. The van der Waals surface area contributed by atoms with Crippen LogP contribution < -0.4 is 25.5 Å². The predicted molar refractivity (Wildman–Crippen MR) is 149 cm³/mol. The molecule has 1 heterocycles. The number of nitrogens with zero attached hydrogens (tertiary/aromatic N) is 1. The van der Waals surface area contributed by atoms with Crippen molar-refractivity contribution in [2.75, 3.05) is 19.8 Å². The Morgan fingerprint density at radius 3 is 2.68 bits per heavy atom. The minimum absolute atomic E-state index is 0.228. The minimum Gasteiger partial charge on any atom is -0.491 e. The van der Waals surface area contributed by atoms with Crippen LogP contribution in [0, 0.1) is 0 Å². The average molecular weight is 610 g/mol. The molecule has 0 saturated heterocycles. The fraction of sp³-hybridized carbons (Fsp3) is 0.280. The van der Waals surface area contributed by atoms with Gasteiger partial charge in [-0.05, 0) is 72.7 Å². The maximum absolute atomic E-state index is 12.7. The van der Waals surface area contributed by atoms with Crippen LogP contribution in [0.2, 0.25) is 5.02 Å². The molecule has 3 N–H and O–H groups in total. The van der Waals surface area contributed by atoms with E-state index in [1.54, 1.807) is 50.2 Å². The van der Waals surface area contributed by atoms with Gasteiger partial charge >= 0.3 is 5.97 Å². The van der Waals surface area contributed by atoms with Crippen molar-refractivity contribution in [3.63, 3.8) is 0 Å². The van der Waals surface area contributed by atoms with Crippen molar-refractivity contribution in [2.24, 2.45) is 5.10 Å². The molecular weight excluding hydrogens is 584 g/mol. The van der Waals surface area contributed by atoms with E-state index >= 15 is 0 Å². The van der Waals surface area contributed by atoms with E-state index in [0.29, 0.717) is 55.1 Å². The highest BCUT2D eigenvalue weighted by Gasteiger charge is 2.32. The number of carbonyl (C=O) groups is 2. The van der Waals surface area contributed by atoms with E-state index in [4.69, 9.17) is 38.0 Å². The Balaban J connectivity index is 1.69. The summed E-state index contributed by atoms with van der Waals surface area (Å²) >= 11 is 14.9. The lowest BCUT2D eigenvalue weighted by atomic mass is 9.95. The molecule has 0 spiro atoms. The first-order valence-corrected chi connectivity index (χ1v) is 12.9. The van der Waals surface area contributed by atoms with Gasteiger partial charge in [-0.3, -0.25) is 4.79 Å². The molecular formula is C25H26BrClN4O5S. The Bertz CT molecular complexity index is 1230. The maximum Gasteiger partial charge on any atom is 0.338 e. The number of carbonyl (C=O) groups excluding carboxylic acids is 2. The number of thiocarbonyl (C=S) groups is 1. The second kappa shape index (κ2) is 13.4. The number of amides is 1. The van der Waals surface area contributed by atoms with Gasteiger partial charge in [0.15, 0.2) is 17.5 Å². The van der Waals surface area contributed by atoms with Gasteiger partial charge in [-0.15, -0.1) is 0 Å². The number of halogens is 2. The quantitative estimate of drug-likeness (QED) is 0.158. The van der Waals surface area contributed by atoms with E-state index in [0.717, 1.165) is 0 Å². The van der Waals surface area contributed by atoms with Gasteiger partial charge in [-0.25, -0.2) is 10.2 Å². The zero-order valence-corrected chi connectivity index (χ0v) is 23.6. The summed E-state index contributed by atoms with van der Waals surface area (Å²) in [5.74, 6) is -0.0121. The standard InChI is InChI=1S/C25H26BrClN4O5S/c1-4-34-23-17(26)10-15(11-18(23)27)12-28-31-20(32)13-36-19-9-7-6-8-16(19)22-21(24(33)35-5-2)14(3)29-25(37)30-22/h6-12,22H,4-5,13H2,1-3H3,(H,31,32)(H2,29,30,37)/t22-/m0/s1. The van der Waals surface area contributed by atoms with Crippen LogP contribution in [0.3, 0.4) is 0 Å². The van der Waals surface area contributed by atoms with Gasteiger partial charge in [0.05, 0.1) is 40.5 Å². The van der Waals surface area contributed by atoms with Crippen LogP contribution in [-0.4, -0.2) is 43.0 Å². The van der Waals surface area contributed by atoms with Crippen LogP contribution in [0.5, 0.6) is 11.5 Å². The number of allylic oxidation sites excluding steroid dienone is 1. The van der Waals surface area contributed by atoms with E-state index in [-0.39, 0.29) is 13.2 Å². The molecule has 0 saturated carbocycles. The molecule has 196 valence electrons. The lowest BCUT2D eigenvalue weighted by Crippen LogP contribution is -2.45. The summed E-state index contributed by atoms with van der Waals surface area (Å²) in [7, 11) is 0. The molecule has 0 aliphatic carbocycles. The summed E-state index contributed by atoms with van der Waals surface area (Å²) in [6.45, 7) is 5.74. The Morgan fingerprint density at radius 1 is 1.22 bits per heavy atom. The molecule has 0 aromatic heterocycles. The van der Waals surface area contributed by atoms with Crippen LogP contribution in [0.15, 0.2) is 57.2 Å². The van der Waals surface area contributed by atoms with Gasteiger partial charge < -0.3 is 24.8 Å². The maximum atomic E-state index is 12.7. The van der Waals surface area contributed by atoms with E-state index < -0.39 is 17.9 Å². The van der Waals surface area contributed by atoms with Crippen LogP contribution in [0.1, 0.15) is 37.9 Å². The van der Waals surface area contributed by atoms with Crippen LogP contribution in [0.25, 0.3) is 0 Å². The van der Waals surface area contributed by atoms with E-state index in [1.807, 2.05) is 6.92 Å². The van der Waals surface area contributed by atoms with Gasteiger partial charge in [-0.2, -0.15) is 5.10 Å². The highest BCUT2D eigenvalue weighted by molar-refractivity contribution is 9.10. The third-order valence-corrected chi connectivity index (χ3v) is 6.16. The molecule has 0 unspecified atom stereocenters. The molecule has 9 nitrogen and oxygen atoms in total. The molecule has 2 aromatic carbocycles. The predicted octanol–water partition coefficient (Wildman–Crippen LogP) is 4.39. The molecule has 1 atom stereocenters. The van der Waals surface area contributed by atoms with Crippen molar-refractivity contribution in [3.05, 3.63) is 68.3 Å². The average Bonchev–Trinajstić information content (AvgIpc) is 2.85. The number of esters is 1. The van der Waals surface area contributed by atoms with Crippen molar-refractivity contribution < 1.29 is 23.8 Å². The number of hydrogen-bond donors (Lipinski definition) is 3. The first-order valence-electron chi connectivity index (χ1n) is 11.4. The largest absolute Gasteiger partial charge is 0.491 e. The number of para-hydroxylation sites is 1. The molecule has 1 aliphatic rings. The molecule has 37 heavy (non-hydrogen) atoms. The first kappa shape index (κ1) is 28.4. The summed E-state index contributed by atoms with van der Waals surface area (Å²) in [5.41, 5.74) is 4.66. The highest BCUT2D eigenvalue weighted by atomic mass is 79.9. The number of hydrogen-bond acceptors (Lipinski definition) is 7. The van der Waals surface area contributed by atoms with Crippen molar-refractivity contribution in [2.45, 2.75) is 26.8 Å². The monoisotopic (exact) mass is 608 g/mol. The Morgan fingerprint density at radius 2 is 1.97 bits per heavy atom. The lowest BCUT2D eigenvalue weighted by Gasteiger charge is -2.30. The molecule has 0 radical (unpaired) electrons. The van der Waals surface area contributed by atoms with Crippen molar-refractivity contribution in [1.29, 1.82) is 0 Å². The molecule has 3 rings (SSSR count). The second-order valence-corrected chi connectivity index (χ2v) is 9.33. The number of hydrazone groups is 1. The number of benzene rings is 2. The molecule has 1 aliphatic heterocycles. The smallest absolute Gasteiger partial charge is 0.338 e. The van der Waals surface area contributed by atoms with Crippen LogP contribution in [-0.2, 0) is 14.3 Å². The summed E-state index contributed by atoms with van der Waals surface area (Å²) in [6, 6.07) is 9.89. The third kappa shape index (κ3) is 7.43. The molecule has 0 fully saturated rings. The molecule has 12 heteroatoms. The zero-order valence-electron chi connectivity index (χ0n) is 20.4. The van der Waals surface area contributed by atoms with Crippen molar-refractivity contribution in [3.8, 4) is 11.5 Å². The fourth-order valence-corrected chi connectivity index (χ4v) is 4.81. The number of ether oxygens (including phenoxy) is 3. The summed E-state index contributed by atoms with van der Waals surface area (Å²) in [4.78, 5) is 25.1. The number of nitrogens with one attached hydrogen (secondary N) is 3. The summed E-state index contributed by atoms with van der Waals surface area (Å²) in [6.07, 6.45) is 1.46. The molecule has 0 bridgehead atoms. The normalized spacial score (nSPS) is 15.2. The first-order chi connectivity index (χ1) is 17.7. The third-order valence-electron chi connectivity index (χ3n) is 5.07. The fourth-order valence-electron chi connectivity index (χ4n) is 3.55. The number of rotatable bonds is 10. The topological polar surface area (TPSA) is 110 Å².